The van der Waals surface area contributed by atoms with Crippen molar-refractivity contribution in [1.82, 2.24) is 4.90 Å². The van der Waals surface area contributed by atoms with Gasteiger partial charge in [-0.3, -0.25) is 4.79 Å². The van der Waals surface area contributed by atoms with E-state index in [0.29, 0.717) is 12.0 Å². The molecule has 2 aromatic rings. The maximum Gasteiger partial charge on any atom is 0.573 e. The number of Topliss-reactive ketones (excluding diaryl/α,β-unsaturated/α-hetero) is 1. The number of hydrogen-bond acceptors (Lipinski definition) is 3. The molecule has 27 heavy (non-hydrogen) atoms. The van der Waals surface area contributed by atoms with E-state index in [9.17, 15) is 18.0 Å². The van der Waals surface area contributed by atoms with Gasteiger partial charge in [-0.15, -0.1) is 13.2 Å². The van der Waals surface area contributed by atoms with Gasteiger partial charge in [-0.2, -0.15) is 0 Å². The second-order valence-corrected chi connectivity index (χ2v) is 6.85. The van der Waals surface area contributed by atoms with Gasteiger partial charge in [0.2, 0.25) is 0 Å². The van der Waals surface area contributed by atoms with Crippen LogP contribution in [0.3, 0.4) is 0 Å². The fourth-order valence-electron chi connectivity index (χ4n) is 2.82. The molecule has 0 heterocycles. The first-order chi connectivity index (χ1) is 12.7. The Morgan fingerprint density at radius 3 is 2.15 bits per heavy atom. The van der Waals surface area contributed by atoms with Gasteiger partial charge in [0.1, 0.15) is 11.5 Å². The molecule has 0 bridgehead atoms. The molecule has 0 spiro atoms. The van der Waals surface area contributed by atoms with Crippen LogP contribution in [0.4, 0.5) is 13.2 Å². The molecule has 2 atom stereocenters. The van der Waals surface area contributed by atoms with E-state index in [4.69, 9.17) is 0 Å². The second kappa shape index (κ2) is 9.04. The fourth-order valence-corrected chi connectivity index (χ4v) is 2.82. The topological polar surface area (TPSA) is 29.5 Å². The summed E-state index contributed by atoms with van der Waals surface area (Å²) in [7, 11) is 3.94. The van der Waals surface area contributed by atoms with E-state index in [1.165, 1.54) is 24.3 Å². The molecule has 2 aromatic carbocycles. The molecule has 3 nitrogen and oxygen atoms in total. The molecule has 0 radical (unpaired) electrons. The van der Waals surface area contributed by atoms with Crippen molar-refractivity contribution >= 4 is 5.78 Å². The van der Waals surface area contributed by atoms with Crippen LogP contribution >= 0.6 is 0 Å². The molecule has 0 saturated carbocycles. The Hall–Kier alpha value is -2.34. The molecule has 2 rings (SSSR count). The Kier molecular flexibility index (Phi) is 7.02. The number of carbonyl (C=O) groups excluding carboxylic acids is 1. The van der Waals surface area contributed by atoms with Crippen molar-refractivity contribution in [2.24, 2.45) is 0 Å². The quantitative estimate of drug-likeness (QED) is 0.659. The molecule has 2 unspecified atom stereocenters. The van der Waals surface area contributed by atoms with Crippen LogP contribution in [0.1, 0.15) is 30.4 Å². The van der Waals surface area contributed by atoms with Crippen LogP contribution in [0.2, 0.25) is 0 Å². The lowest BCUT2D eigenvalue weighted by Gasteiger charge is -2.25. The first-order valence-corrected chi connectivity index (χ1v) is 8.74. The molecule has 146 valence electrons. The maximum atomic E-state index is 13.0. The number of alkyl halides is 3. The van der Waals surface area contributed by atoms with Gasteiger partial charge in [0.15, 0.2) is 0 Å². The van der Waals surface area contributed by atoms with Crippen LogP contribution in [0, 0.1) is 0 Å². The maximum absolute atomic E-state index is 13.0. The normalized spacial score (nSPS) is 14.0. The molecular weight excluding hydrogens is 355 g/mol. The molecule has 6 heteroatoms. The van der Waals surface area contributed by atoms with Crippen molar-refractivity contribution in [2.45, 2.75) is 38.1 Å². The van der Waals surface area contributed by atoms with Gasteiger partial charge in [0, 0.05) is 18.4 Å². The van der Waals surface area contributed by atoms with Gasteiger partial charge < -0.3 is 9.64 Å². The van der Waals surface area contributed by atoms with E-state index < -0.39 is 6.36 Å². The van der Waals surface area contributed by atoms with E-state index in [0.717, 1.165) is 5.56 Å². The van der Waals surface area contributed by atoms with Crippen molar-refractivity contribution < 1.29 is 22.7 Å². The summed E-state index contributed by atoms with van der Waals surface area (Å²) in [5.74, 6) is -0.520. The molecule has 0 amide bonds. The van der Waals surface area contributed by atoms with Crippen molar-refractivity contribution in [1.29, 1.82) is 0 Å². The number of halogens is 3. The number of ketones is 1. The highest BCUT2D eigenvalue weighted by Gasteiger charge is 2.31. The lowest BCUT2D eigenvalue weighted by molar-refractivity contribution is -0.274. The summed E-state index contributed by atoms with van der Waals surface area (Å²) in [4.78, 5) is 15.0. The van der Waals surface area contributed by atoms with Gasteiger partial charge >= 0.3 is 6.36 Å². The van der Waals surface area contributed by atoms with Crippen LogP contribution in [0.25, 0.3) is 0 Å². The zero-order chi connectivity index (χ0) is 20.0. The number of carbonyl (C=O) groups is 1. The number of nitrogens with zero attached hydrogens (tertiary/aromatic N) is 1. The van der Waals surface area contributed by atoms with E-state index in [2.05, 4.69) is 16.6 Å². The van der Waals surface area contributed by atoms with Crippen LogP contribution in [-0.2, 0) is 11.2 Å². The molecule has 0 aliphatic heterocycles. The zero-order valence-electron chi connectivity index (χ0n) is 15.7. The Labute approximate surface area is 157 Å². The Bertz CT molecular complexity index is 727. The molecule has 0 aliphatic carbocycles. The minimum atomic E-state index is -4.72. The predicted molar refractivity (Wildman–Crippen MR) is 98.8 cm³/mol. The molecule has 0 saturated heterocycles. The van der Waals surface area contributed by atoms with Crippen LogP contribution in [0.5, 0.6) is 5.75 Å². The Balaban J connectivity index is 2.13. The summed E-state index contributed by atoms with van der Waals surface area (Å²) in [5, 5.41) is 0. The lowest BCUT2D eigenvalue weighted by atomic mass is 9.86. The highest BCUT2D eigenvalue weighted by atomic mass is 19.4. The summed E-state index contributed by atoms with van der Waals surface area (Å²) in [6.45, 7) is 2.06. The number of ether oxygens (including phenoxy) is 1. The first-order valence-electron chi connectivity index (χ1n) is 8.74. The van der Waals surface area contributed by atoms with Crippen molar-refractivity contribution in [3.05, 3.63) is 65.7 Å². The summed E-state index contributed by atoms with van der Waals surface area (Å²) in [6, 6.07) is 15.2. The van der Waals surface area contributed by atoms with E-state index in [1.807, 2.05) is 44.4 Å². The van der Waals surface area contributed by atoms with Gasteiger partial charge in [0.25, 0.3) is 0 Å². The number of benzene rings is 2. The summed E-state index contributed by atoms with van der Waals surface area (Å²) >= 11 is 0. The average molecular weight is 379 g/mol. The minimum Gasteiger partial charge on any atom is -0.406 e. The highest BCUT2D eigenvalue weighted by molar-refractivity contribution is 5.87. The zero-order valence-corrected chi connectivity index (χ0v) is 15.7. The summed E-state index contributed by atoms with van der Waals surface area (Å²) in [6.07, 6.45) is -3.89. The Morgan fingerprint density at radius 2 is 1.63 bits per heavy atom. The SMILES string of the molecule is CC(CC(C(=O)Cc1ccc(OC(F)(F)F)cc1)c1ccccc1)N(C)C. The average Bonchev–Trinajstić information content (AvgIpc) is 2.60. The van der Waals surface area contributed by atoms with Crippen LogP contribution in [-0.4, -0.2) is 37.2 Å². The smallest absolute Gasteiger partial charge is 0.406 e. The van der Waals surface area contributed by atoms with Crippen molar-refractivity contribution in [3.8, 4) is 5.75 Å². The summed E-state index contributed by atoms with van der Waals surface area (Å²) in [5.41, 5.74) is 1.61. The van der Waals surface area contributed by atoms with E-state index >= 15 is 0 Å². The van der Waals surface area contributed by atoms with Gasteiger partial charge in [-0.1, -0.05) is 42.5 Å². The third-order valence-electron chi connectivity index (χ3n) is 4.58. The third kappa shape index (κ3) is 6.71. The van der Waals surface area contributed by atoms with Crippen LogP contribution in [0.15, 0.2) is 54.6 Å². The second-order valence-electron chi connectivity index (χ2n) is 6.85. The lowest BCUT2D eigenvalue weighted by Crippen LogP contribution is -2.29. The first kappa shape index (κ1) is 21.0. The molecule has 0 aliphatic rings. The molecule has 0 fully saturated rings. The molecule has 0 aromatic heterocycles. The van der Waals surface area contributed by atoms with E-state index in [1.54, 1.807) is 0 Å². The van der Waals surface area contributed by atoms with Gasteiger partial charge in [-0.05, 0) is 50.7 Å². The number of hydrogen-bond donors (Lipinski definition) is 0. The third-order valence-corrected chi connectivity index (χ3v) is 4.58. The predicted octanol–water partition coefficient (Wildman–Crippen LogP) is 4.82. The summed E-state index contributed by atoms with van der Waals surface area (Å²) < 4.78 is 40.6. The monoisotopic (exact) mass is 379 g/mol. The largest absolute Gasteiger partial charge is 0.573 e. The number of rotatable bonds is 8. The highest BCUT2D eigenvalue weighted by Crippen LogP contribution is 2.27. The van der Waals surface area contributed by atoms with Crippen LogP contribution < -0.4 is 4.74 Å². The standard InChI is InChI=1S/C21H24F3NO2/c1-15(25(2)3)13-19(17-7-5-4-6-8-17)20(26)14-16-9-11-18(12-10-16)27-21(22,23)24/h4-12,15,19H,13-14H2,1-3H3. The van der Waals surface area contributed by atoms with E-state index in [-0.39, 0.29) is 29.9 Å². The van der Waals surface area contributed by atoms with Gasteiger partial charge in [0.05, 0.1) is 0 Å². The molecular formula is C21H24F3NO2. The fraction of sp³-hybridized carbons (Fsp3) is 0.381. The molecule has 0 N–H and O–H groups in total. The van der Waals surface area contributed by atoms with Gasteiger partial charge in [-0.25, -0.2) is 0 Å². The van der Waals surface area contributed by atoms with Crippen molar-refractivity contribution in [2.75, 3.05) is 14.1 Å². The Morgan fingerprint density at radius 1 is 1.04 bits per heavy atom. The minimum absolute atomic E-state index is 0.0411. The van der Waals surface area contributed by atoms with Crippen molar-refractivity contribution in [3.63, 3.8) is 0 Å².